The van der Waals surface area contributed by atoms with Gasteiger partial charge in [-0.05, 0) is 24.6 Å². The summed E-state index contributed by atoms with van der Waals surface area (Å²) in [5.41, 5.74) is 2.04. The molecule has 19 heavy (non-hydrogen) atoms. The van der Waals surface area contributed by atoms with Crippen molar-refractivity contribution in [3.05, 3.63) is 59.9 Å². The quantitative estimate of drug-likeness (QED) is 0.882. The van der Waals surface area contributed by atoms with E-state index in [0.717, 1.165) is 16.9 Å². The number of carbonyl (C=O) groups is 1. The van der Waals surface area contributed by atoms with E-state index in [1.165, 1.54) is 0 Å². The van der Waals surface area contributed by atoms with Gasteiger partial charge < -0.3 is 10.1 Å². The van der Waals surface area contributed by atoms with Crippen molar-refractivity contribution in [2.75, 3.05) is 6.61 Å². The van der Waals surface area contributed by atoms with Crippen molar-refractivity contribution in [3.63, 3.8) is 0 Å². The van der Waals surface area contributed by atoms with E-state index in [1.54, 1.807) is 0 Å². The number of amides is 1. The Morgan fingerprint density at radius 3 is 2.84 bits per heavy atom. The Balaban J connectivity index is 1.78. The molecule has 2 aromatic rings. The monoisotopic (exact) mass is 257 g/mol. The van der Waals surface area contributed by atoms with E-state index in [9.17, 15) is 4.79 Å². The molecule has 1 amide bonds. The molecule has 0 saturated carbocycles. The summed E-state index contributed by atoms with van der Waals surface area (Å²) < 4.78 is 5.47. The first-order valence-corrected chi connectivity index (χ1v) is 6.16. The van der Waals surface area contributed by atoms with Crippen LogP contribution in [0.3, 0.4) is 0 Å². The van der Waals surface area contributed by atoms with Crippen LogP contribution >= 0.6 is 0 Å². The molecule has 2 rings (SSSR count). The third kappa shape index (κ3) is 4.10. The Morgan fingerprint density at radius 2 is 2.11 bits per heavy atom. The zero-order chi connectivity index (χ0) is 13.5. The van der Waals surface area contributed by atoms with E-state index in [2.05, 4.69) is 10.3 Å². The van der Waals surface area contributed by atoms with Gasteiger partial charge in [-0.15, -0.1) is 0 Å². The fourth-order valence-corrected chi connectivity index (χ4v) is 1.65. The van der Waals surface area contributed by atoms with Gasteiger partial charge in [0.05, 0.1) is 0 Å². The molecule has 0 saturated heterocycles. The molecule has 0 fully saturated rings. The predicted molar refractivity (Wildman–Crippen MR) is 71.5 cm³/mol. The minimum absolute atomic E-state index is 0.0292. The van der Waals surface area contributed by atoms with Crippen molar-refractivity contribution in [3.8, 4) is 5.75 Å². The number of hydrogen-bond donors (Lipinski definition) is 1. The molecule has 4 heteroatoms. The summed E-state index contributed by atoms with van der Waals surface area (Å²) in [5.74, 6) is 0.609. The van der Waals surface area contributed by atoms with Gasteiger partial charge in [0, 0.05) is 18.2 Å². The number of aromatic amines is 1. The number of nitrogens with one attached hydrogen (secondary N) is 2. The van der Waals surface area contributed by atoms with Crippen LogP contribution in [-0.2, 0) is 11.3 Å². The van der Waals surface area contributed by atoms with E-state index in [4.69, 9.17) is 4.74 Å². The molecule has 1 aromatic carbocycles. The molecule has 0 aliphatic heterocycles. The summed E-state index contributed by atoms with van der Waals surface area (Å²) in [7, 11) is 0. The molecule has 0 bridgehead atoms. The number of aromatic nitrogens is 1. The Bertz CT molecular complexity index is 541. The third-order valence-electron chi connectivity index (χ3n) is 2.71. The number of aryl methyl sites for hydroxylation is 1. The Kier molecular flexibility index (Phi) is 4.50. The predicted octanol–water partition coefficient (Wildman–Crippen LogP) is 1.50. The summed E-state index contributed by atoms with van der Waals surface area (Å²) in [4.78, 5) is 14.6. The Labute approximate surface area is 112 Å². The van der Waals surface area contributed by atoms with E-state index in [0.29, 0.717) is 6.54 Å². The van der Waals surface area contributed by atoms with Gasteiger partial charge in [-0.1, -0.05) is 18.2 Å². The summed E-state index contributed by atoms with van der Waals surface area (Å²) in [6.07, 6.45) is 3.68. The summed E-state index contributed by atoms with van der Waals surface area (Å²) in [5, 5.41) is 2.80. The van der Waals surface area contributed by atoms with Gasteiger partial charge in [-0.25, -0.2) is 4.98 Å². The van der Waals surface area contributed by atoms with Crippen LogP contribution in [0.5, 0.6) is 5.75 Å². The minimum atomic E-state index is -0.132. The zero-order valence-corrected chi connectivity index (χ0v) is 10.8. The average Bonchev–Trinajstić information content (AvgIpc) is 2.45. The molecule has 0 aliphatic carbocycles. The van der Waals surface area contributed by atoms with Crippen LogP contribution in [0.25, 0.3) is 0 Å². The van der Waals surface area contributed by atoms with Gasteiger partial charge in [0.2, 0.25) is 0 Å². The highest BCUT2D eigenvalue weighted by Gasteiger charge is 2.04. The van der Waals surface area contributed by atoms with Crippen molar-refractivity contribution in [1.82, 2.24) is 5.32 Å². The van der Waals surface area contributed by atoms with Gasteiger partial charge in [0.1, 0.15) is 5.75 Å². The molecule has 1 heterocycles. The van der Waals surface area contributed by atoms with Crippen LogP contribution < -0.4 is 15.0 Å². The smallest absolute Gasteiger partial charge is 0.258 e. The second-order valence-corrected chi connectivity index (χ2v) is 4.24. The van der Waals surface area contributed by atoms with Crippen molar-refractivity contribution >= 4 is 5.91 Å². The standard InChI is InChI=1S/C15H16N2O2/c1-12-5-2-3-7-14(12)19-11-15(18)17-10-13-6-4-8-16-9-13/h2-9H,10-11H2,1H3,(H,17,18)/p+1. The zero-order valence-electron chi connectivity index (χ0n) is 10.8. The highest BCUT2D eigenvalue weighted by atomic mass is 16.5. The minimum Gasteiger partial charge on any atom is -0.484 e. The van der Waals surface area contributed by atoms with Crippen LogP contribution in [0, 0.1) is 6.92 Å². The van der Waals surface area contributed by atoms with E-state index in [-0.39, 0.29) is 12.5 Å². The SMILES string of the molecule is Cc1ccccc1OCC(=O)NCc1ccc[nH+]c1. The van der Waals surface area contributed by atoms with E-state index < -0.39 is 0 Å². The van der Waals surface area contributed by atoms with E-state index in [1.807, 2.05) is 55.7 Å². The van der Waals surface area contributed by atoms with Crippen LogP contribution in [-0.4, -0.2) is 12.5 Å². The topological polar surface area (TPSA) is 52.5 Å². The second kappa shape index (κ2) is 6.54. The molecule has 0 aliphatic rings. The van der Waals surface area contributed by atoms with E-state index >= 15 is 0 Å². The highest BCUT2D eigenvalue weighted by molar-refractivity contribution is 5.77. The van der Waals surface area contributed by atoms with Crippen molar-refractivity contribution < 1.29 is 14.5 Å². The maximum atomic E-state index is 11.7. The molecular weight excluding hydrogens is 240 g/mol. The molecule has 0 atom stereocenters. The maximum Gasteiger partial charge on any atom is 0.258 e. The number of H-pyrrole nitrogens is 1. The average molecular weight is 257 g/mol. The molecule has 0 radical (unpaired) electrons. The maximum absolute atomic E-state index is 11.7. The molecule has 0 unspecified atom stereocenters. The van der Waals surface area contributed by atoms with Gasteiger partial charge in [0.25, 0.3) is 5.91 Å². The number of ether oxygens (including phenoxy) is 1. The fraction of sp³-hybridized carbons (Fsp3) is 0.200. The lowest BCUT2D eigenvalue weighted by molar-refractivity contribution is -0.378. The molecule has 1 aromatic heterocycles. The van der Waals surface area contributed by atoms with Crippen molar-refractivity contribution in [2.45, 2.75) is 13.5 Å². The third-order valence-corrected chi connectivity index (χ3v) is 2.71. The molecule has 0 spiro atoms. The van der Waals surface area contributed by atoms with Gasteiger partial charge >= 0.3 is 0 Å². The normalized spacial score (nSPS) is 9.95. The number of carbonyl (C=O) groups excluding carboxylic acids is 1. The molecule has 4 nitrogen and oxygen atoms in total. The number of para-hydroxylation sites is 1. The lowest BCUT2D eigenvalue weighted by Crippen LogP contribution is -2.28. The Morgan fingerprint density at radius 1 is 1.26 bits per heavy atom. The van der Waals surface area contributed by atoms with Gasteiger partial charge in [-0.3, -0.25) is 4.79 Å². The lowest BCUT2D eigenvalue weighted by atomic mass is 10.2. The first kappa shape index (κ1) is 13.1. The van der Waals surface area contributed by atoms with Crippen LogP contribution in [0.2, 0.25) is 0 Å². The summed E-state index contributed by atoms with van der Waals surface area (Å²) >= 11 is 0. The number of rotatable bonds is 5. The van der Waals surface area contributed by atoms with Crippen molar-refractivity contribution in [1.29, 1.82) is 0 Å². The molecule has 2 N–H and O–H groups in total. The molecule has 98 valence electrons. The van der Waals surface area contributed by atoms with Gasteiger partial charge in [-0.2, -0.15) is 0 Å². The Hall–Kier alpha value is -2.36. The van der Waals surface area contributed by atoms with Crippen LogP contribution in [0.4, 0.5) is 0 Å². The number of hydrogen-bond acceptors (Lipinski definition) is 2. The van der Waals surface area contributed by atoms with Crippen molar-refractivity contribution in [2.24, 2.45) is 0 Å². The largest absolute Gasteiger partial charge is 0.484 e. The summed E-state index contributed by atoms with van der Waals surface area (Å²) in [6, 6.07) is 11.5. The summed E-state index contributed by atoms with van der Waals surface area (Å²) in [6.45, 7) is 2.47. The number of benzene rings is 1. The first-order valence-electron chi connectivity index (χ1n) is 6.16. The van der Waals surface area contributed by atoms with Gasteiger partial charge in [0.15, 0.2) is 19.0 Å². The first-order chi connectivity index (χ1) is 9.25. The fourth-order valence-electron chi connectivity index (χ4n) is 1.65. The molecular formula is C15H17N2O2+. The number of pyridine rings is 1. The lowest BCUT2D eigenvalue weighted by Gasteiger charge is -2.08. The highest BCUT2D eigenvalue weighted by Crippen LogP contribution is 2.15. The second-order valence-electron chi connectivity index (χ2n) is 4.24. The van der Waals surface area contributed by atoms with Crippen LogP contribution in [0.15, 0.2) is 48.8 Å². The van der Waals surface area contributed by atoms with Crippen LogP contribution in [0.1, 0.15) is 11.1 Å².